The van der Waals surface area contributed by atoms with Crippen LogP contribution in [-0.2, 0) is 0 Å². The van der Waals surface area contributed by atoms with E-state index in [0.29, 0.717) is 5.56 Å². The second kappa shape index (κ2) is 4.70. The SMILES string of the molecule is O=C(Nc1nccnc1Cl)c1ccc2[nH]ccc2c1. The summed E-state index contributed by atoms with van der Waals surface area (Å²) < 4.78 is 0. The fourth-order valence-corrected chi connectivity index (χ4v) is 1.93. The minimum Gasteiger partial charge on any atom is -0.361 e. The van der Waals surface area contributed by atoms with Gasteiger partial charge in [0.05, 0.1) is 0 Å². The Labute approximate surface area is 113 Å². The maximum absolute atomic E-state index is 12.1. The van der Waals surface area contributed by atoms with Crippen LogP contribution in [0.5, 0.6) is 0 Å². The molecule has 0 aliphatic rings. The standard InChI is InChI=1S/C13H9ClN4O/c14-11-12(17-6-5-16-11)18-13(19)9-1-2-10-8(7-9)3-4-15-10/h1-7,15H,(H,17,18,19). The van der Waals surface area contributed by atoms with Crippen LogP contribution in [0.2, 0.25) is 5.15 Å². The minimum absolute atomic E-state index is 0.165. The van der Waals surface area contributed by atoms with E-state index in [-0.39, 0.29) is 16.9 Å². The summed E-state index contributed by atoms with van der Waals surface area (Å²) in [5, 5.41) is 3.76. The van der Waals surface area contributed by atoms with Crippen molar-refractivity contribution >= 4 is 34.2 Å². The smallest absolute Gasteiger partial charge is 0.256 e. The lowest BCUT2D eigenvalue weighted by Crippen LogP contribution is -2.13. The van der Waals surface area contributed by atoms with Crippen molar-refractivity contribution in [2.45, 2.75) is 0 Å². The van der Waals surface area contributed by atoms with Gasteiger partial charge in [-0.05, 0) is 24.3 Å². The van der Waals surface area contributed by atoms with E-state index in [0.717, 1.165) is 10.9 Å². The average molecular weight is 273 g/mol. The number of aromatic amines is 1. The van der Waals surface area contributed by atoms with Gasteiger partial charge in [-0.3, -0.25) is 4.79 Å². The van der Waals surface area contributed by atoms with Gasteiger partial charge < -0.3 is 10.3 Å². The van der Waals surface area contributed by atoms with Crippen LogP contribution < -0.4 is 5.32 Å². The average Bonchev–Trinajstić information content (AvgIpc) is 2.88. The quantitative estimate of drug-likeness (QED) is 0.753. The number of nitrogens with one attached hydrogen (secondary N) is 2. The number of H-pyrrole nitrogens is 1. The third-order valence-electron chi connectivity index (χ3n) is 2.70. The molecule has 3 aromatic rings. The zero-order chi connectivity index (χ0) is 13.2. The van der Waals surface area contributed by atoms with Gasteiger partial charge >= 0.3 is 0 Å². The number of amides is 1. The van der Waals surface area contributed by atoms with E-state index >= 15 is 0 Å². The van der Waals surface area contributed by atoms with Gasteiger partial charge in [-0.15, -0.1) is 0 Å². The van der Waals surface area contributed by atoms with Gasteiger partial charge in [-0.2, -0.15) is 0 Å². The Balaban J connectivity index is 1.89. The lowest BCUT2D eigenvalue weighted by molar-refractivity contribution is 0.102. The number of halogens is 1. The molecule has 1 amide bonds. The molecule has 6 heteroatoms. The summed E-state index contributed by atoms with van der Waals surface area (Å²) in [6.45, 7) is 0. The predicted octanol–water partition coefficient (Wildman–Crippen LogP) is 2.86. The first-order valence-electron chi connectivity index (χ1n) is 5.59. The summed E-state index contributed by atoms with van der Waals surface area (Å²) in [7, 11) is 0. The molecule has 0 unspecified atom stereocenters. The van der Waals surface area contributed by atoms with Crippen molar-refractivity contribution in [3.63, 3.8) is 0 Å². The largest absolute Gasteiger partial charge is 0.361 e. The summed E-state index contributed by atoms with van der Waals surface area (Å²) in [4.78, 5) is 23.0. The number of rotatable bonds is 2. The Morgan fingerprint density at radius 1 is 1.21 bits per heavy atom. The summed E-state index contributed by atoms with van der Waals surface area (Å²) in [5.74, 6) is -0.0196. The molecule has 94 valence electrons. The molecule has 19 heavy (non-hydrogen) atoms. The van der Waals surface area contributed by atoms with Gasteiger partial charge in [0.15, 0.2) is 11.0 Å². The third-order valence-corrected chi connectivity index (χ3v) is 2.98. The van der Waals surface area contributed by atoms with Gasteiger partial charge in [-0.1, -0.05) is 11.6 Å². The zero-order valence-corrected chi connectivity index (χ0v) is 10.5. The third kappa shape index (κ3) is 2.28. The van der Waals surface area contributed by atoms with Crippen LogP contribution in [0.4, 0.5) is 5.82 Å². The highest BCUT2D eigenvalue weighted by Crippen LogP contribution is 2.18. The topological polar surface area (TPSA) is 70.7 Å². The molecule has 0 aliphatic carbocycles. The van der Waals surface area contributed by atoms with E-state index in [2.05, 4.69) is 20.3 Å². The van der Waals surface area contributed by atoms with E-state index in [9.17, 15) is 4.79 Å². The molecule has 0 spiro atoms. The number of carbonyl (C=O) groups is 1. The fourth-order valence-electron chi connectivity index (χ4n) is 1.78. The first-order valence-corrected chi connectivity index (χ1v) is 5.97. The number of anilines is 1. The summed E-state index contributed by atoms with van der Waals surface area (Å²) in [5.41, 5.74) is 1.52. The molecule has 0 atom stereocenters. The molecule has 2 heterocycles. The minimum atomic E-state index is -0.273. The Morgan fingerprint density at radius 3 is 2.89 bits per heavy atom. The van der Waals surface area contributed by atoms with Crippen molar-refractivity contribution in [3.8, 4) is 0 Å². The Bertz CT molecular complexity index is 753. The highest BCUT2D eigenvalue weighted by Gasteiger charge is 2.10. The Kier molecular flexibility index (Phi) is 2.89. The lowest BCUT2D eigenvalue weighted by Gasteiger charge is -2.05. The van der Waals surface area contributed by atoms with Crippen LogP contribution in [0.15, 0.2) is 42.9 Å². The normalized spacial score (nSPS) is 10.6. The van der Waals surface area contributed by atoms with Crippen molar-refractivity contribution in [2.75, 3.05) is 5.32 Å². The van der Waals surface area contributed by atoms with Crippen LogP contribution in [0.3, 0.4) is 0 Å². The number of aromatic nitrogens is 3. The van der Waals surface area contributed by atoms with Gasteiger partial charge in [0, 0.05) is 35.1 Å². The highest BCUT2D eigenvalue weighted by molar-refractivity contribution is 6.32. The Hall–Kier alpha value is -2.40. The van der Waals surface area contributed by atoms with Crippen molar-refractivity contribution < 1.29 is 4.79 Å². The van der Waals surface area contributed by atoms with Crippen molar-refractivity contribution in [2.24, 2.45) is 0 Å². The molecule has 5 nitrogen and oxygen atoms in total. The monoisotopic (exact) mass is 272 g/mol. The maximum atomic E-state index is 12.1. The van der Waals surface area contributed by atoms with Crippen molar-refractivity contribution in [1.29, 1.82) is 0 Å². The molecule has 0 radical (unpaired) electrons. The van der Waals surface area contributed by atoms with Gasteiger partial charge in [-0.25, -0.2) is 9.97 Å². The van der Waals surface area contributed by atoms with E-state index < -0.39 is 0 Å². The van der Waals surface area contributed by atoms with E-state index in [1.165, 1.54) is 12.4 Å². The van der Waals surface area contributed by atoms with Crippen LogP contribution >= 0.6 is 11.6 Å². The number of hydrogen-bond acceptors (Lipinski definition) is 3. The number of benzene rings is 1. The molecular formula is C13H9ClN4O. The number of fused-ring (bicyclic) bond motifs is 1. The van der Waals surface area contributed by atoms with Crippen LogP contribution in [0.25, 0.3) is 10.9 Å². The molecule has 0 aliphatic heterocycles. The molecule has 2 aromatic heterocycles. The molecule has 1 aromatic carbocycles. The second-order valence-electron chi connectivity index (χ2n) is 3.93. The molecule has 0 bridgehead atoms. The van der Waals surface area contributed by atoms with Gasteiger partial charge in [0.1, 0.15) is 0 Å². The molecule has 0 fully saturated rings. The molecule has 3 rings (SSSR count). The highest BCUT2D eigenvalue weighted by atomic mass is 35.5. The van der Waals surface area contributed by atoms with Crippen molar-refractivity contribution in [3.05, 3.63) is 53.6 Å². The van der Waals surface area contributed by atoms with Crippen LogP contribution in [0, 0.1) is 0 Å². The predicted molar refractivity (Wildman–Crippen MR) is 73.3 cm³/mol. The van der Waals surface area contributed by atoms with Crippen LogP contribution in [-0.4, -0.2) is 20.9 Å². The first kappa shape index (κ1) is 11.7. The number of nitrogens with zero attached hydrogens (tertiary/aromatic N) is 2. The summed E-state index contributed by atoms with van der Waals surface area (Å²) in [6, 6.07) is 7.29. The van der Waals surface area contributed by atoms with Gasteiger partial charge in [0.2, 0.25) is 0 Å². The summed E-state index contributed by atoms with van der Waals surface area (Å²) in [6.07, 6.45) is 4.76. The van der Waals surface area contributed by atoms with Gasteiger partial charge in [0.25, 0.3) is 5.91 Å². The first-order chi connectivity index (χ1) is 9.24. The molecule has 2 N–H and O–H groups in total. The zero-order valence-electron chi connectivity index (χ0n) is 9.72. The number of carbonyl (C=O) groups excluding carboxylic acids is 1. The molecule has 0 saturated carbocycles. The van der Waals surface area contributed by atoms with Crippen molar-refractivity contribution in [1.82, 2.24) is 15.0 Å². The van der Waals surface area contributed by atoms with E-state index in [1.807, 2.05) is 18.3 Å². The fraction of sp³-hybridized carbons (Fsp3) is 0. The van der Waals surface area contributed by atoms with E-state index in [4.69, 9.17) is 11.6 Å². The summed E-state index contributed by atoms with van der Waals surface area (Å²) >= 11 is 5.84. The lowest BCUT2D eigenvalue weighted by atomic mass is 10.1. The second-order valence-corrected chi connectivity index (χ2v) is 4.29. The Morgan fingerprint density at radius 2 is 2.05 bits per heavy atom. The molecular weight excluding hydrogens is 264 g/mol. The maximum Gasteiger partial charge on any atom is 0.256 e. The van der Waals surface area contributed by atoms with E-state index in [1.54, 1.807) is 12.1 Å². The van der Waals surface area contributed by atoms with Crippen LogP contribution in [0.1, 0.15) is 10.4 Å². The molecule has 0 saturated heterocycles. The number of hydrogen-bond donors (Lipinski definition) is 2.